The number of carbonyl (C=O) groups is 2. The van der Waals surface area contributed by atoms with Gasteiger partial charge < -0.3 is 9.84 Å². The molecule has 2 aromatic heterocycles. The van der Waals surface area contributed by atoms with Gasteiger partial charge in [-0.05, 0) is 34.9 Å². The molecule has 9 heteroatoms. The molecule has 0 aliphatic carbocycles. The molecule has 0 aliphatic heterocycles. The maximum absolute atomic E-state index is 13.6. The third-order valence-electron chi connectivity index (χ3n) is 4.54. The molecular formula is C23H18FN5O3. The smallest absolute Gasteiger partial charge is 0.231 e. The van der Waals surface area contributed by atoms with E-state index in [1.54, 1.807) is 30.3 Å². The van der Waals surface area contributed by atoms with Gasteiger partial charge in [-0.15, -0.1) is 0 Å². The van der Waals surface area contributed by atoms with Gasteiger partial charge >= 0.3 is 0 Å². The van der Waals surface area contributed by atoms with Crippen LogP contribution in [0.3, 0.4) is 0 Å². The van der Waals surface area contributed by atoms with E-state index in [-0.39, 0.29) is 29.9 Å². The molecule has 2 N–H and O–H groups in total. The predicted molar refractivity (Wildman–Crippen MR) is 116 cm³/mol. The van der Waals surface area contributed by atoms with Gasteiger partial charge in [-0.2, -0.15) is 0 Å². The van der Waals surface area contributed by atoms with E-state index in [0.717, 1.165) is 0 Å². The maximum atomic E-state index is 13.6. The zero-order chi connectivity index (χ0) is 22.5. The van der Waals surface area contributed by atoms with Crippen LogP contribution in [0.1, 0.15) is 12.5 Å². The summed E-state index contributed by atoms with van der Waals surface area (Å²) in [7, 11) is 0. The molecule has 32 heavy (non-hydrogen) atoms. The minimum absolute atomic E-state index is 0.0205. The number of rotatable bonds is 6. The Balaban J connectivity index is 1.78. The van der Waals surface area contributed by atoms with Crippen LogP contribution < -0.4 is 10.6 Å². The number of benzene rings is 2. The summed E-state index contributed by atoms with van der Waals surface area (Å²) in [4.78, 5) is 32.8. The van der Waals surface area contributed by atoms with E-state index in [2.05, 4.69) is 25.8 Å². The zero-order valence-electron chi connectivity index (χ0n) is 17.0. The van der Waals surface area contributed by atoms with Gasteiger partial charge in [0.25, 0.3) is 0 Å². The lowest BCUT2D eigenvalue weighted by Crippen LogP contribution is -2.15. The Hall–Kier alpha value is -4.40. The Morgan fingerprint density at radius 1 is 1.00 bits per heavy atom. The van der Waals surface area contributed by atoms with Gasteiger partial charge in [0.2, 0.25) is 17.7 Å². The van der Waals surface area contributed by atoms with Crippen LogP contribution in [0.2, 0.25) is 0 Å². The Kier molecular flexibility index (Phi) is 5.98. The van der Waals surface area contributed by atoms with Crippen LogP contribution >= 0.6 is 0 Å². The molecule has 0 fully saturated rings. The molecular weight excluding hydrogens is 413 g/mol. The fraction of sp³-hybridized carbons (Fsp3) is 0.0870. The monoisotopic (exact) mass is 431 g/mol. The van der Waals surface area contributed by atoms with Crippen molar-refractivity contribution in [2.75, 3.05) is 10.6 Å². The minimum Gasteiger partial charge on any atom is -0.338 e. The van der Waals surface area contributed by atoms with E-state index < -0.39 is 0 Å². The van der Waals surface area contributed by atoms with Crippen LogP contribution in [0, 0.1) is 5.82 Å². The van der Waals surface area contributed by atoms with E-state index in [1.807, 2.05) is 6.07 Å². The zero-order valence-corrected chi connectivity index (χ0v) is 17.0. The topological polar surface area (TPSA) is 110 Å². The highest BCUT2D eigenvalue weighted by atomic mass is 19.1. The lowest BCUT2D eigenvalue weighted by Gasteiger charge is -2.15. The number of carbonyl (C=O) groups excluding carboxylic acids is 2. The first-order chi connectivity index (χ1) is 15.5. The minimum atomic E-state index is -0.375. The molecule has 2 amide bonds. The average Bonchev–Trinajstić information content (AvgIpc) is 3.27. The van der Waals surface area contributed by atoms with Crippen molar-refractivity contribution < 1.29 is 18.5 Å². The second-order valence-corrected chi connectivity index (χ2v) is 6.89. The summed E-state index contributed by atoms with van der Waals surface area (Å²) in [6.07, 6.45) is 2.98. The van der Waals surface area contributed by atoms with Gasteiger partial charge in [0.05, 0.1) is 12.6 Å². The summed E-state index contributed by atoms with van der Waals surface area (Å²) < 4.78 is 18.5. The molecule has 0 saturated heterocycles. The second-order valence-electron chi connectivity index (χ2n) is 6.89. The summed E-state index contributed by atoms with van der Waals surface area (Å²) in [6.45, 7) is 1.39. The van der Waals surface area contributed by atoms with Crippen molar-refractivity contribution in [3.05, 3.63) is 78.4 Å². The van der Waals surface area contributed by atoms with Gasteiger partial charge in [0, 0.05) is 24.8 Å². The number of hydrogen-bond acceptors (Lipinski definition) is 6. The third kappa shape index (κ3) is 4.84. The normalized spacial score (nSPS) is 10.6. The van der Waals surface area contributed by atoms with Crippen molar-refractivity contribution >= 4 is 23.5 Å². The van der Waals surface area contributed by atoms with E-state index in [1.165, 1.54) is 37.5 Å². The van der Waals surface area contributed by atoms with E-state index in [4.69, 9.17) is 4.52 Å². The van der Waals surface area contributed by atoms with Gasteiger partial charge in [-0.3, -0.25) is 14.9 Å². The third-order valence-corrected chi connectivity index (χ3v) is 4.54. The Bertz CT molecular complexity index is 1260. The molecule has 0 aliphatic rings. The van der Waals surface area contributed by atoms with Crippen LogP contribution in [0.15, 0.2) is 71.5 Å². The fourth-order valence-electron chi connectivity index (χ4n) is 3.26. The Labute approximate surface area is 182 Å². The number of hydrogen-bond donors (Lipinski definition) is 2. The summed E-state index contributed by atoms with van der Waals surface area (Å²) in [5.41, 5.74) is 2.69. The Morgan fingerprint density at radius 2 is 1.81 bits per heavy atom. The van der Waals surface area contributed by atoms with Gasteiger partial charge in [0.15, 0.2) is 5.82 Å². The first-order valence-electron chi connectivity index (χ1n) is 9.69. The number of nitrogens with one attached hydrogen (secondary N) is 2. The van der Waals surface area contributed by atoms with Crippen LogP contribution in [0.5, 0.6) is 0 Å². The van der Waals surface area contributed by atoms with Crippen LogP contribution in [-0.4, -0.2) is 26.9 Å². The van der Waals surface area contributed by atoms with E-state index in [0.29, 0.717) is 33.9 Å². The van der Waals surface area contributed by atoms with Crippen molar-refractivity contribution in [2.24, 2.45) is 0 Å². The molecule has 160 valence electrons. The summed E-state index contributed by atoms with van der Waals surface area (Å²) in [5.74, 6) is -0.00362. The molecule has 0 saturated carbocycles. The van der Waals surface area contributed by atoms with Gasteiger partial charge in [0.1, 0.15) is 11.6 Å². The van der Waals surface area contributed by atoms with Crippen LogP contribution in [-0.2, 0) is 16.0 Å². The summed E-state index contributed by atoms with van der Waals surface area (Å²) >= 11 is 0. The largest absolute Gasteiger partial charge is 0.338 e. The number of anilines is 2. The van der Waals surface area contributed by atoms with Crippen molar-refractivity contribution in [3.63, 3.8) is 0 Å². The van der Waals surface area contributed by atoms with Crippen molar-refractivity contribution in [2.45, 2.75) is 13.3 Å². The van der Waals surface area contributed by atoms with E-state index in [9.17, 15) is 14.0 Å². The summed E-state index contributed by atoms with van der Waals surface area (Å²) in [5, 5.41) is 8.84. The molecule has 0 radical (unpaired) electrons. The molecule has 0 spiro atoms. The second kappa shape index (κ2) is 9.17. The summed E-state index contributed by atoms with van der Waals surface area (Å²) in [6, 6.07) is 14.5. The quantitative estimate of drug-likeness (QED) is 0.476. The number of nitrogens with zero attached hydrogens (tertiary/aromatic N) is 3. The van der Waals surface area contributed by atoms with Gasteiger partial charge in [-0.25, -0.2) is 14.4 Å². The maximum Gasteiger partial charge on any atom is 0.231 e. The van der Waals surface area contributed by atoms with Crippen LogP contribution in [0.25, 0.3) is 22.5 Å². The molecule has 8 nitrogen and oxygen atoms in total. The predicted octanol–water partition coefficient (Wildman–Crippen LogP) is 4.08. The van der Waals surface area contributed by atoms with Crippen molar-refractivity contribution in [3.8, 4) is 22.5 Å². The highest BCUT2D eigenvalue weighted by Gasteiger charge is 2.18. The van der Waals surface area contributed by atoms with Crippen LogP contribution in [0.4, 0.5) is 16.1 Å². The molecule has 2 aromatic carbocycles. The number of amides is 2. The first kappa shape index (κ1) is 20.9. The standard InChI is InChI=1S/C23H18FN5O3/c1-14(30)27-19-9-11-25-23(28-19)18-4-2-3-16(13-20(31)29-21-10-12-26-32-21)22(18)15-5-7-17(24)8-6-15/h2-12H,13H2,1H3,(H,29,31)(H,25,27,28,30). The highest BCUT2D eigenvalue weighted by Crippen LogP contribution is 2.34. The first-order valence-corrected chi connectivity index (χ1v) is 9.69. The average molecular weight is 431 g/mol. The molecule has 0 unspecified atom stereocenters. The number of halogens is 1. The molecule has 4 aromatic rings. The lowest BCUT2D eigenvalue weighted by atomic mass is 9.92. The van der Waals surface area contributed by atoms with Crippen molar-refractivity contribution in [1.29, 1.82) is 0 Å². The molecule has 0 bridgehead atoms. The fourth-order valence-corrected chi connectivity index (χ4v) is 3.26. The van der Waals surface area contributed by atoms with Crippen molar-refractivity contribution in [1.82, 2.24) is 15.1 Å². The molecule has 2 heterocycles. The number of aromatic nitrogens is 3. The lowest BCUT2D eigenvalue weighted by molar-refractivity contribution is -0.116. The molecule has 0 atom stereocenters. The SMILES string of the molecule is CC(=O)Nc1ccnc(-c2cccc(CC(=O)Nc3ccno3)c2-c2ccc(F)cc2)n1. The van der Waals surface area contributed by atoms with E-state index >= 15 is 0 Å². The molecule has 4 rings (SSSR count). The Morgan fingerprint density at radius 3 is 2.53 bits per heavy atom. The highest BCUT2D eigenvalue weighted by molar-refractivity contribution is 5.94. The van der Waals surface area contributed by atoms with Gasteiger partial charge in [-0.1, -0.05) is 35.5 Å².